The number of aromatic amines is 1. The number of anilines is 1. The van der Waals surface area contributed by atoms with Crippen molar-refractivity contribution in [1.82, 2.24) is 20.2 Å². The SMILES string of the molecule is Fc1ccc2nc(N3CC(N4CCNCC4)C3)[nH]c2c1. The summed E-state index contributed by atoms with van der Waals surface area (Å²) in [6, 6.07) is 5.30. The lowest BCUT2D eigenvalue weighted by Gasteiger charge is -2.46. The quantitative estimate of drug-likeness (QED) is 0.851. The minimum Gasteiger partial charge on any atom is -0.339 e. The lowest BCUT2D eigenvalue weighted by Crippen LogP contribution is -2.63. The summed E-state index contributed by atoms with van der Waals surface area (Å²) in [7, 11) is 0. The first kappa shape index (κ1) is 12.1. The van der Waals surface area contributed by atoms with Gasteiger partial charge in [0.25, 0.3) is 0 Å². The lowest BCUT2D eigenvalue weighted by atomic mass is 10.1. The van der Waals surface area contributed by atoms with Gasteiger partial charge in [-0.25, -0.2) is 9.37 Å². The summed E-state index contributed by atoms with van der Waals surface area (Å²) >= 11 is 0. The topological polar surface area (TPSA) is 47.2 Å². The Bertz CT molecular complexity index is 613. The van der Waals surface area contributed by atoms with E-state index in [2.05, 4.69) is 25.1 Å². The number of piperazine rings is 1. The van der Waals surface area contributed by atoms with Gasteiger partial charge in [-0.2, -0.15) is 0 Å². The first-order valence-corrected chi connectivity index (χ1v) is 7.14. The summed E-state index contributed by atoms with van der Waals surface area (Å²) < 4.78 is 13.2. The number of benzene rings is 1. The van der Waals surface area contributed by atoms with Gasteiger partial charge in [0.1, 0.15) is 5.82 Å². The molecule has 2 fully saturated rings. The summed E-state index contributed by atoms with van der Waals surface area (Å²) in [5.74, 6) is 0.631. The van der Waals surface area contributed by atoms with Crippen molar-refractivity contribution in [3.05, 3.63) is 24.0 Å². The fourth-order valence-electron chi connectivity index (χ4n) is 3.02. The van der Waals surface area contributed by atoms with Crippen LogP contribution in [0.1, 0.15) is 0 Å². The van der Waals surface area contributed by atoms with E-state index in [4.69, 9.17) is 0 Å². The average molecular weight is 275 g/mol. The largest absolute Gasteiger partial charge is 0.339 e. The highest BCUT2D eigenvalue weighted by atomic mass is 19.1. The summed E-state index contributed by atoms with van der Waals surface area (Å²) in [6.07, 6.45) is 0. The molecule has 5 nitrogen and oxygen atoms in total. The minimum absolute atomic E-state index is 0.227. The normalized spacial score (nSPS) is 21.4. The van der Waals surface area contributed by atoms with Crippen molar-refractivity contribution in [2.45, 2.75) is 6.04 Å². The van der Waals surface area contributed by atoms with Crippen LogP contribution in [0.3, 0.4) is 0 Å². The molecule has 106 valence electrons. The Kier molecular flexibility index (Phi) is 2.85. The maximum absolute atomic E-state index is 13.2. The molecule has 1 aromatic heterocycles. The van der Waals surface area contributed by atoms with E-state index in [1.54, 1.807) is 6.07 Å². The van der Waals surface area contributed by atoms with E-state index in [0.29, 0.717) is 6.04 Å². The maximum atomic E-state index is 13.2. The zero-order valence-corrected chi connectivity index (χ0v) is 11.3. The van der Waals surface area contributed by atoms with Gasteiger partial charge in [-0.15, -0.1) is 0 Å². The molecule has 2 aliphatic rings. The van der Waals surface area contributed by atoms with Gasteiger partial charge in [0.2, 0.25) is 5.95 Å². The van der Waals surface area contributed by atoms with Gasteiger partial charge in [0, 0.05) is 45.3 Å². The van der Waals surface area contributed by atoms with Crippen LogP contribution in [0.2, 0.25) is 0 Å². The van der Waals surface area contributed by atoms with E-state index in [1.807, 2.05) is 0 Å². The Morgan fingerprint density at radius 1 is 1.20 bits per heavy atom. The van der Waals surface area contributed by atoms with Crippen molar-refractivity contribution in [1.29, 1.82) is 0 Å². The van der Waals surface area contributed by atoms with Crippen molar-refractivity contribution in [3.8, 4) is 0 Å². The predicted molar refractivity (Wildman–Crippen MR) is 76.5 cm³/mol. The average Bonchev–Trinajstić information content (AvgIpc) is 2.80. The molecular formula is C14H18FN5. The number of H-pyrrole nitrogens is 1. The molecular weight excluding hydrogens is 257 g/mol. The van der Waals surface area contributed by atoms with Crippen LogP contribution in [0.5, 0.6) is 0 Å². The van der Waals surface area contributed by atoms with E-state index < -0.39 is 0 Å². The summed E-state index contributed by atoms with van der Waals surface area (Å²) in [5, 5.41) is 3.37. The third-order valence-corrected chi connectivity index (χ3v) is 4.26. The fraction of sp³-hybridized carbons (Fsp3) is 0.500. The van der Waals surface area contributed by atoms with Crippen LogP contribution in [0, 0.1) is 5.82 Å². The molecule has 6 heteroatoms. The van der Waals surface area contributed by atoms with Gasteiger partial charge >= 0.3 is 0 Å². The van der Waals surface area contributed by atoms with Crippen LogP contribution in [-0.2, 0) is 0 Å². The predicted octanol–water partition coefficient (Wildman–Crippen LogP) is 0.796. The van der Waals surface area contributed by atoms with Crippen LogP contribution in [-0.4, -0.2) is 60.2 Å². The highest BCUT2D eigenvalue weighted by Crippen LogP contribution is 2.24. The van der Waals surface area contributed by atoms with E-state index >= 15 is 0 Å². The van der Waals surface area contributed by atoms with E-state index in [-0.39, 0.29) is 5.82 Å². The zero-order valence-electron chi connectivity index (χ0n) is 11.3. The van der Waals surface area contributed by atoms with Gasteiger partial charge in [-0.05, 0) is 18.2 Å². The van der Waals surface area contributed by atoms with Crippen molar-refractivity contribution >= 4 is 17.0 Å². The standard InChI is InChI=1S/C14H18FN5/c15-10-1-2-12-13(7-10)18-14(17-12)20-8-11(9-20)19-5-3-16-4-6-19/h1-2,7,11,16H,3-6,8-9H2,(H,17,18). The number of imidazole rings is 1. The Balaban J connectivity index is 1.46. The number of fused-ring (bicyclic) bond motifs is 1. The van der Waals surface area contributed by atoms with Crippen molar-refractivity contribution in [2.24, 2.45) is 0 Å². The highest BCUT2D eigenvalue weighted by Gasteiger charge is 2.33. The van der Waals surface area contributed by atoms with Crippen LogP contribution in [0.15, 0.2) is 18.2 Å². The second kappa shape index (κ2) is 4.71. The third-order valence-electron chi connectivity index (χ3n) is 4.26. The molecule has 1 aromatic carbocycles. The van der Waals surface area contributed by atoms with Gasteiger partial charge in [0.15, 0.2) is 0 Å². The van der Waals surface area contributed by atoms with Gasteiger partial charge in [-0.1, -0.05) is 0 Å². The summed E-state index contributed by atoms with van der Waals surface area (Å²) in [5.41, 5.74) is 1.60. The zero-order chi connectivity index (χ0) is 13.5. The Morgan fingerprint density at radius 3 is 2.80 bits per heavy atom. The molecule has 0 bridgehead atoms. The molecule has 20 heavy (non-hydrogen) atoms. The Morgan fingerprint density at radius 2 is 2.00 bits per heavy atom. The molecule has 0 saturated carbocycles. The molecule has 0 unspecified atom stereocenters. The number of hydrogen-bond acceptors (Lipinski definition) is 4. The van der Waals surface area contributed by atoms with E-state index in [0.717, 1.165) is 56.3 Å². The monoisotopic (exact) mass is 275 g/mol. The number of aromatic nitrogens is 2. The highest BCUT2D eigenvalue weighted by molar-refractivity contribution is 5.77. The molecule has 2 N–H and O–H groups in total. The van der Waals surface area contributed by atoms with E-state index in [9.17, 15) is 4.39 Å². The minimum atomic E-state index is -0.227. The second-order valence-electron chi connectivity index (χ2n) is 5.57. The van der Waals surface area contributed by atoms with Crippen LogP contribution in [0.4, 0.5) is 10.3 Å². The molecule has 0 amide bonds. The lowest BCUT2D eigenvalue weighted by molar-refractivity contribution is 0.146. The number of hydrogen-bond donors (Lipinski definition) is 2. The molecule has 0 radical (unpaired) electrons. The van der Waals surface area contributed by atoms with Gasteiger partial charge in [0.05, 0.1) is 11.0 Å². The molecule has 2 aromatic rings. The second-order valence-corrected chi connectivity index (χ2v) is 5.57. The smallest absolute Gasteiger partial charge is 0.203 e. The molecule has 3 heterocycles. The maximum Gasteiger partial charge on any atom is 0.203 e. The van der Waals surface area contributed by atoms with Crippen LogP contribution >= 0.6 is 0 Å². The summed E-state index contributed by atoms with van der Waals surface area (Å²) in [6.45, 7) is 6.43. The van der Waals surface area contributed by atoms with Crippen molar-refractivity contribution in [2.75, 3.05) is 44.2 Å². The Hall–Kier alpha value is -1.66. The molecule has 4 rings (SSSR count). The molecule has 2 aliphatic heterocycles. The van der Waals surface area contributed by atoms with E-state index in [1.165, 1.54) is 12.1 Å². The number of nitrogens with one attached hydrogen (secondary N) is 2. The number of nitrogens with zero attached hydrogens (tertiary/aromatic N) is 3. The molecule has 0 atom stereocenters. The van der Waals surface area contributed by atoms with Crippen molar-refractivity contribution < 1.29 is 4.39 Å². The molecule has 2 saturated heterocycles. The van der Waals surface area contributed by atoms with Crippen molar-refractivity contribution in [3.63, 3.8) is 0 Å². The van der Waals surface area contributed by atoms with Crippen LogP contribution in [0.25, 0.3) is 11.0 Å². The first-order valence-electron chi connectivity index (χ1n) is 7.14. The fourth-order valence-corrected chi connectivity index (χ4v) is 3.02. The van der Waals surface area contributed by atoms with Gasteiger partial charge < -0.3 is 15.2 Å². The molecule has 0 spiro atoms. The first-order chi connectivity index (χ1) is 9.79. The summed E-state index contributed by atoms with van der Waals surface area (Å²) in [4.78, 5) is 12.5. The third kappa shape index (κ3) is 2.05. The van der Waals surface area contributed by atoms with Crippen LogP contribution < -0.4 is 10.2 Å². The molecule has 0 aliphatic carbocycles. The van der Waals surface area contributed by atoms with Gasteiger partial charge in [-0.3, -0.25) is 4.90 Å². The Labute approximate surface area is 116 Å². The number of rotatable bonds is 2. The number of halogens is 1.